The van der Waals surface area contributed by atoms with Gasteiger partial charge in [-0.2, -0.15) is 0 Å². The summed E-state index contributed by atoms with van der Waals surface area (Å²) in [4.78, 5) is 25.9. The van der Waals surface area contributed by atoms with E-state index in [4.69, 9.17) is 0 Å². The highest BCUT2D eigenvalue weighted by Gasteiger charge is 2.66. The van der Waals surface area contributed by atoms with Crippen LogP contribution in [0.4, 0.5) is 0 Å². The predicted octanol–water partition coefficient (Wildman–Crippen LogP) is 2.59. The summed E-state index contributed by atoms with van der Waals surface area (Å²) in [6, 6.07) is 5.11. The lowest BCUT2D eigenvalue weighted by atomic mass is 9.93. The van der Waals surface area contributed by atoms with Crippen molar-refractivity contribution < 1.29 is 14.7 Å². The van der Waals surface area contributed by atoms with E-state index in [1.807, 2.05) is 18.2 Å². The third-order valence-corrected chi connectivity index (χ3v) is 6.02. The van der Waals surface area contributed by atoms with Gasteiger partial charge in [0, 0.05) is 23.4 Å². The number of carboxylic acid groups (broad SMARTS) is 1. The highest BCUT2D eigenvalue weighted by molar-refractivity contribution is 9.10. The van der Waals surface area contributed by atoms with Gasteiger partial charge in [-0.1, -0.05) is 28.1 Å². The van der Waals surface area contributed by atoms with Gasteiger partial charge in [0.25, 0.3) is 0 Å². The van der Waals surface area contributed by atoms with Gasteiger partial charge in [-0.3, -0.25) is 4.79 Å². The molecule has 1 heterocycles. The molecule has 1 N–H and O–H groups in total. The Labute approximate surface area is 131 Å². The van der Waals surface area contributed by atoms with Crippen molar-refractivity contribution in [2.24, 2.45) is 11.3 Å². The number of amides is 1. The van der Waals surface area contributed by atoms with Crippen LogP contribution in [0.15, 0.2) is 22.7 Å². The Bertz CT molecular complexity index is 653. The van der Waals surface area contributed by atoms with Crippen LogP contribution in [0.1, 0.15) is 30.4 Å². The molecule has 2 saturated carbocycles. The minimum Gasteiger partial charge on any atom is -0.480 e. The molecular weight excluding hydrogens is 334 g/mol. The van der Waals surface area contributed by atoms with Crippen LogP contribution in [0.2, 0.25) is 0 Å². The number of fused-ring (bicyclic) bond motifs is 1. The second kappa shape index (κ2) is 4.32. The lowest BCUT2D eigenvalue weighted by Gasteiger charge is -2.35. The van der Waals surface area contributed by atoms with Gasteiger partial charge in [0.2, 0.25) is 5.91 Å². The topological polar surface area (TPSA) is 57.6 Å². The fourth-order valence-electron chi connectivity index (χ4n) is 3.64. The number of nitrogens with zero attached hydrogens (tertiary/aromatic N) is 1. The maximum absolute atomic E-state index is 12.7. The quantitative estimate of drug-likeness (QED) is 0.892. The number of rotatable bonds is 2. The molecule has 0 saturated heterocycles. The Balaban J connectivity index is 1.66. The first-order valence-corrected chi connectivity index (χ1v) is 8.11. The van der Waals surface area contributed by atoms with Crippen LogP contribution in [-0.4, -0.2) is 27.9 Å². The van der Waals surface area contributed by atoms with Gasteiger partial charge in [0.1, 0.15) is 6.04 Å². The van der Waals surface area contributed by atoms with Gasteiger partial charge in [0.05, 0.1) is 0 Å². The minimum absolute atomic E-state index is 0.0468. The summed E-state index contributed by atoms with van der Waals surface area (Å²) < 4.78 is 0.934. The number of carbonyl (C=O) groups is 2. The Morgan fingerprint density at radius 2 is 2.10 bits per heavy atom. The Morgan fingerprint density at radius 3 is 2.71 bits per heavy atom. The molecule has 1 spiro atoms. The zero-order chi connectivity index (χ0) is 14.8. The molecule has 1 aromatic carbocycles. The van der Waals surface area contributed by atoms with Gasteiger partial charge in [-0.15, -0.1) is 0 Å². The smallest absolute Gasteiger partial charge is 0.326 e. The molecule has 2 fully saturated rings. The van der Waals surface area contributed by atoms with Gasteiger partial charge in [-0.05, 0) is 41.9 Å². The zero-order valence-corrected chi connectivity index (χ0v) is 13.1. The van der Waals surface area contributed by atoms with E-state index in [0.717, 1.165) is 34.9 Å². The summed E-state index contributed by atoms with van der Waals surface area (Å²) >= 11 is 3.49. The standard InChI is InChI=1S/C16H16BrNO3/c17-12-3-1-2-9-8-18(13(15(20)21)6-10(9)12)14(19)11-7-16(11)4-5-16/h1-3,11,13H,4-8H2,(H,20,21). The molecule has 0 aromatic heterocycles. The van der Waals surface area contributed by atoms with Crippen molar-refractivity contribution in [3.63, 3.8) is 0 Å². The van der Waals surface area contributed by atoms with Gasteiger partial charge in [0.15, 0.2) is 0 Å². The second-order valence-electron chi connectivity index (χ2n) is 6.52. The van der Waals surface area contributed by atoms with E-state index >= 15 is 0 Å². The summed E-state index contributed by atoms with van der Waals surface area (Å²) in [5, 5.41) is 9.51. The van der Waals surface area contributed by atoms with Crippen molar-refractivity contribution in [1.29, 1.82) is 0 Å². The van der Waals surface area contributed by atoms with Crippen molar-refractivity contribution in [1.82, 2.24) is 4.90 Å². The van der Waals surface area contributed by atoms with Crippen molar-refractivity contribution >= 4 is 27.8 Å². The lowest BCUT2D eigenvalue weighted by Crippen LogP contribution is -2.49. The summed E-state index contributed by atoms with van der Waals surface area (Å²) in [6.45, 7) is 0.414. The second-order valence-corrected chi connectivity index (χ2v) is 7.38. The molecule has 1 amide bonds. The average molecular weight is 350 g/mol. The molecule has 2 unspecified atom stereocenters. The van der Waals surface area contributed by atoms with E-state index in [2.05, 4.69) is 15.9 Å². The van der Waals surface area contributed by atoms with E-state index in [9.17, 15) is 14.7 Å². The van der Waals surface area contributed by atoms with Crippen LogP contribution in [0.25, 0.3) is 0 Å². The third-order valence-electron chi connectivity index (χ3n) is 5.28. The Morgan fingerprint density at radius 1 is 1.33 bits per heavy atom. The molecule has 21 heavy (non-hydrogen) atoms. The third kappa shape index (κ3) is 2.01. The number of aliphatic carboxylic acids is 1. The molecule has 0 bridgehead atoms. The molecule has 4 nitrogen and oxygen atoms in total. The van der Waals surface area contributed by atoms with Crippen molar-refractivity contribution in [2.75, 3.05) is 0 Å². The maximum Gasteiger partial charge on any atom is 0.326 e. The Hall–Kier alpha value is -1.36. The first-order valence-electron chi connectivity index (χ1n) is 7.31. The van der Waals surface area contributed by atoms with Crippen LogP contribution in [-0.2, 0) is 22.6 Å². The number of halogens is 1. The number of carboxylic acids is 1. The molecule has 1 aromatic rings. The molecule has 2 atom stereocenters. The average Bonchev–Trinajstić information content (AvgIpc) is 3.37. The first-order chi connectivity index (χ1) is 10.0. The van der Waals surface area contributed by atoms with E-state index in [0.29, 0.717) is 13.0 Å². The molecule has 5 heteroatoms. The minimum atomic E-state index is -0.907. The van der Waals surface area contributed by atoms with Crippen LogP contribution in [0, 0.1) is 11.3 Å². The van der Waals surface area contributed by atoms with Crippen molar-refractivity contribution in [3.05, 3.63) is 33.8 Å². The number of carbonyl (C=O) groups excluding carboxylic acids is 1. The molecule has 3 aliphatic rings. The molecular formula is C16H16BrNO3. The number of hydrogen-bond donors (Lipinski definition) is 1. The van der Waals surface area contributed by atoms with Gasteiger partial charge >= 0.3 is 5.97 Å². The SMILES string of the molecule is O=C(O)C1Cc2c(Br)cccc2CN1C(=O)C1CC12CC2. The van der Waals surface area contributed by atoms with E-state index in [1.165, 1.54) is 0 Å². The number of benzene rings is 1. The van der Waals surface area contributed by atoms with Crippen LogP contribution >= 0.6 is 15.9 Å². The molecule has 0 radical (unpaired) electrons. The monoisotopic (exact) mass is 349 g/mol. The fourth-order valence-corrected chi connectivity index (χ4v) is 4.21. The largest absolute Gasteiger partial charge is 0.480 e. The van der Waals surface area contributed by atoms with Crippen LogP contribution in [0.5, 0.6) is 0 Å². The van der Waals surface area contributed by atoms with E-state index in [-0.39, 0.29) is 17.2 Å². The van der Waals surface area contributed by atoms with Crippen LogP contribution < -0.4 is 0 Å². The van der Waals surface area contributed by atoms with E-state index < -0.39 is 12.0 Å². The predicted molar refractivity (Wildman–Crippen MR) is 79.6 cm³/mol. The normalized spacial score (nSPS) is 28.1. The maximum atomic E-state index is 12.7. The summed E-state index contributed by atoms with van der Waals surface area (Å²) in [5.74, 6) is -0.783. The summed E-state index contributed by atoms with van der Waals surface area (Å²) in [5.41, 5.74) is 2.34. The summed E-state index contributed by atoms with van der Waals surface area (Å²) in [7, 11) is 0. The van der Waals surface area contributed by atoms with Crippen molar-refractivity contribution in [2.45, 2.75) is 38.3 Å². The molecule has 110 valence electrons. The van der Waals surface area contributed by atoms with Gasteiger partial charge in [-0.25, -0.2) is 4.79 Å². The highest BCUT2D eigenvalue weighted by atomic mass is 79.9. The van der Waals surface area contributed by atoms with E-state index in [1.54, 1.807) is 4.90 Å². The lowest BCUT2D eigenvalue weighted by molar-refractivity contribution is -0.152. The van der Waals surface area contributed by atoms with Crippen LogP contribution in [0.3, 0.4) is 0 Å². The molecule has 4 rings (SSSR count). The highest BCUT2D eigenvalue weighted by Crippen LogP contribution is 2.71. The molecule has 1 aliphatic heterocycles. The zero-order valence-electron chi connectivity index (χ0n) is 11.5. The number of hydrogen-bond acceptors (Lipinski definition) is 2. The Kier molecular flexibility index (Phi) is 2.74. The van der Waals surface area contributed by atoms with Crippen molar-refractivity contribution in [3.8, 4) is 0 Å². The summed E-state index contributed by atoms with van der Waals surface area (Å²) in [6.07, 6.45) is 3.62. The first kappa shape index (κ1) is 13.3. The fraction of sp³-hybridized carbons (Fsp3) is 0.500. The van der Waals surface area contributed by atoms with Gasteiger partial charge < -0.3 is 10.0 Å². The molecule has 2 aliphatic carbocycles.